The van der Waals surface area contributed by atoms with Gasteiger partial charge in [-0.25, -0.2) is 0 Å². The summed E-state index contributed by atoms with van der Waals surface area (Å²) >= 11 is 0. The molecule has 1 atom stereocenters. The van der Waals surface area contributed by atoms with Crippen LogP contribution in [0, 0.1) is 5.92 Å². The van der Waals surface area contributed by atoms with E-state index in [1.807, 2.05) is 33.2 Å². The highest BCUT2D eigenvalue weighted by Crippen LogP contribution is 2.21. The predicted octanol–water partition coefficient (Wildman–Crippen LogP) is 1.17. The zero-order chi connectivity index (χ0) is 14.5. The Kier molecular flexibility index (Phi) is 5.20. The van der Waals surface area contributed by atoms with Crippen LogP contribution in [0.3, 0.4) is 0 Å². The Morgan fingerprint density at radius 3 is 2.65 bits per heavy atom. The quantitative estimate of drug-likeness (QED) is 0.880. The van der Waals surface area contributed by atoms with E-state index >= 15 is 0 Å². The number of nitrogens with one attached hydrogen (secondary N) is 1. The molecule has 1 aliphatic rings. The molecule has 0 saturated carbocycles. The highest BCUT2D eigenvalue weighted by molar-refractivity contribution is 5.77. The minimum atomic E-state index is 0.0220. The van der Waals surface area contributed by atoms with Crippen LogP contribution in [0.5, 0.6) is 0 Å². The second-order valence-electron chi connectivity index (χ2n) is 5.61. The smallest absolute Gasteiger partial charge is 0.222 e. The number of aryl methyl sites for hydroxylation is 1. The van der Waals surface area contributed by atoms with Crippen LogP contribution >= 0.6 is 0 Å². The largest absolute Gasteiger partial charge is 0.379 e. The summed E-state index contributed by atoms with van der Waals surface area (Å²) in [6, 6.07) is 4.39. The molecule has 1 aromatic heterocycles. The summed E-state index contributed by atoms with van der Waals surface area (Å²) in [5, 5.41) is 3.06. The minimum Gasteiger partial charge on any atom is -0.379 e. The molecule has 1 aliphatic heterocycles. The van der Waals surface area contributed by atoms with E-state index in [9.17, 15) is 4.79 Å². The van der Waals surface area contributed by atoms with Crippen LogP contribution in [-0.2, 0) is 16.6 Å². The van der Waals surface area contributed by atoms with E-state index in [0.717, 1.165) is 26.3 Å². The lowest BCUT2D eigenvalue weighted by atomic mass is 10.1. The van der Waals surface area contributed by atoms with Gasteiger partial charge in [0.2, 0.25) is 5.91 Å². The second-order valence-corrected chi connectivity index (χ2v) is 5.61. The van der Waals surface area contributed by atoms with E-state index in [1.54, 1.807) is 0 Å². The highest BCUT2D eigenvalue weighted by atomic mass is 16.5. The van der Waals surface area contributed by atoms with Gasteiger partial charge in [-0.3, -0.25) is 9.69 Å². The fourth-order valence-electron chi connectivity index (χ4n) is 2.53. The Balaban J connectivity index is 2.07. The molecule has 1 N–H and O–H groups in total. The number of hydrogen-bond acceptors (Lipinski definition) is 3. The van der Waals surface area contributed by atoms with Gasteiger partial charge >= 0.3 is 0 Å². The molecule has 0 aliphatic carbocycles. The summed E-state index contributed by atoms with van der Waals surface area (Å²) in [6.45, 7) is 7.83. The fraction of sp³-hybridized carbons (Fsp3) is 0.667. The number of morpholine rings is 1. The first-order chi connectivity index (χ1) is 9.59. The third-order valence-electron chi connectivity index (χ3n) is 3.81. The Morgan fingerprint density at radius 1 is 1.40 bits per heavy atom. The number of nitrogens with zero attached hydrogens (tertiary/aromatic N) is 2. The van der Waals surface area contributed by atoms with Crippen molar-refractivity contribution in [3.05, 3.63) is 24.0 Å². The third-order valence-corrected chi connectivity index (χ3v) is 3.81. The monoisotopic (exact) mass is 279 g/mol. The average Bonchev–Trinajstić information content (AvgIpc) is 2.86. The van der Waals surface area contributed by atoms with Gasteiger partial charge in [0, 0.05) is 44.5 Å². The Bertz CT molecular complexity index is 436. The summed E-state index contributed by atoms with van der Waals surface area (Å²) in [7, 11) is 2.05. The maximum Gasteiger partial charge on any atom is 0.222 e. The summed E-state index contributed by atoms with van der Waals surface area (Å²) in [5.41, 5.74) is 1.23. The number of aromatic nitrogens is 1. The molecule has 1 fully saturated rings. The standard InChI is InChI=1S/C15H25N3O2/c1-12(2)15(19)16-11-14(13-5-4-6-17(13)3)18-7-9-20-10-8-18/h4-6,12,14H,7-11H2,1-3H3,(H,16,19). The predicted molar refractivity (Wildman–Crippen MR) is 78.4 cm³/mol. The van der Waals surface area contributed by atoms with Gasteiger partial charge in [-0.1, -0.05) is 13.8 Å². The van der Waals surface area contributed by atoms with Crippen molar-refractivity contribution in [1.82, 2.24) is 14.8 Å². The maximum atomic E-state index is 11.8. The molecule has 5 nitrogen and oxygen atoms in total. The number of ether oxygens (including phenoxy) is 1. The van der Waals surface area contributed by atoms with Gasteiger partial charge in [0.25, 0.3) is 0 Å². The Morgan fingerprint density at radius 2 is 2.10 bits per heavy atom. The lowest BCUT2D eigenvalue weighted by molar-refractivity contribution is -0.124. The van der Waals surface area contributed by atoms with Crippen LogP contribution in [0.1, 0.15) is 25.6 Å². The zero-order valence-corrected chi connectivity index (χ0v) is 12.6. The molecule has 2 heterocycles. The summed E-state index contributed by atoms with van der Waals surface area (Å²) in [5.74, 6) is 0.131. The maximum absolute atomic E-state index is 11.8. The second kappa shape index (κ2) is 6.90. The first kappa shape index (κ1) is 15.1. The zero-order valence-electron chi connectivity index (χ0n) is 12.6. The molecule has 112 valence electrons. The van der Waals surface area contributed by atoms with Gasteiger partial charge in [0.15, 0.2) is 0 Å². The van der Waals surface area contributed by atoms with Gasteiger partial charge in [-0.15, -0.1) is 0 Å². The number of amides is 1. The van der Waals surface area contributed by atoms with E-state index in [-0.39, 0.29) is 17.9 Å². The fourth-order valence-corrected chi connectivity index (χ4v) is 2.53. The molecule has 5 heteroatoms. The van der Waals surface area contributed by atoms with Gasteiger partial charge in [-0.05, 0) is 12.1 Å². The van der Waals surface area contributed by atoms with Crippen molar-refractivity contribution in [2.24, 2.45) is 13.0 Å². The number of rotatable bonds is 5. The lowest BCUT2D eigenvalue weighted by Crippen LogP contribution is -2.44. The van der Waals surface area contributed by atoms with Crippen molar-refractivity contribution in [1.29, 1.82) is 0 Å². The first-order valence-electron chi connectivity index (χ1n) is 7.30. The molecule has 2 rings (SSSR count). The summed E-state index contributed by atoms with van der Waals surface area (Å²) in [6.07, 6.45) is 2.05. The van der Waals surface area contributed by atoms with Crippen LogP contribution in [-0.4, -0.2) is 48.2 Å². The highest BCUT2D eigenvalue weighted by Gasteiger charge is 2.25. The molecule has 0 aromatic carbocycles. The van der Waals surface area contributed by atoms with Crippen LogP contribution < -0.4 is 5.32 Å². The van der Waals surface area contributed by atoms with Crippen molar-refractivity contribution in [2.75, 3.05) is 32.8 Å². The summed E-state index contributed by atoms with van der Waals surface area (Å²) in [4.78, 5) is 14.2. The van der Waals surface area contributed by atoms with Crippen LogP contribution in [0.25, 0.3) is 0 Å². The molecule has 0 radical (unpaired) electrons. The van der Waals surface area contributed by atoms with Gasteiger partial charge in [-0.2, -0.15) is 0 Å². The average molecular weight is 279 g/mol. The van der Waals surface area contributed by atoms with E-state index < -0.39 is 0 Å². The lowest BCUT2D eigenvalue weighted by Gasteiger charge is -2.35. The van der Waals surface area contributed by atoms with Crippen molar-refractivity contribution >= 4 is 5.91 Å². The van der Waals surface area contributed by atoms with Gasteiger partial charge in [0.1, 0.15) is 0 Å². The van der Waals surface area contributed by atoms with Gasteiger partial charge in [0.05, 0.1) is 19.3 Å². The van der Waals surface area contributed by atoms with Crippen molar-refractivity contribution in [3.63, 3.8) is 0 Å². The van der Waals surface area contributed by atoms with Crippen LogP contribution in [0.2, 0.25) is 0 Å². The molecule has 1 amide bonds. The first-order valence-corrected chi connectivity index (χ1v) is 7.30. The van der Waals surface area contributed by atoms with Crippen molar-refractivity contribution < 1.29 is 9.53 Å². The van der Waals surface area contributed by atoms with Crippen LogP contribution in [0.4, 0.5) is 0 Å². The molecule has 0 bridgehead atoms. The molecule has 1 unspecified atom stereocenters. The van der Waals surface area contributed by atoms with E-state index in [2.05, 4.69) is 20.9 Å². The third kappa shape index (κ3) is 3.61. The van der Waals surface area contributed by atoms with Crippen molar-refractivity contribution in [3.8, 4) is 0 Å². The topological polar surface area (TPSA) is 46.5 Å². The summed E-state index contributed by atoms with van der Waals surface area (Å²) < 4.78 is 7.55. The molecule has 1 aromatic rings. The minimum absolute atomic E-state index is 0.0220. The van der Waals surface area contributed by atoms with E-state index in [0.29, 0.717) is 6.54 Å². The molecular weight excluding hydrogens is 254 g/mol. The molecule has 20 heavy (non-hydrogen) atoms. The van der Waals surface area contributed by atoms with E-state index in [1.165, 1.54) is 5.69 Å². The van der Waals surface area contributed by atoms with Crippen molar-refractivity contribution in [2.45, 2.75) is 19.9 Å². The number of carbonyl (C=O) groups excluding carboxylic acids is 1. The number of carbonyl (C=O) groups is 1. The molecular formula is C15H25N3O2. The molecule has 1 saturated heterocycles. The van der Waals surface area contributed by atoms with E-state index in [4.69, 9.17) is 4.74 Å². The molecule has 0 spiro atoms. The van der Waals surface area contributed by atoms with Crippen LogP contribution in [0.15, 0.2) is 18.3 Å². The Hall–Kier alpha value is -1.33. The normalized spacial score (nSPS) is 18.2. The number of hydrogen-bond donors (Lipinski definition) is 1. The van der Waals surface area contributed by atoms with Gasteiger partial charge < -0.3 is 14.6 Å². The Labute approximate surface area is 120 Å². The SMILES string of the molecule is CC(C)C(=O)NCC(c1cccn1C)N1CCOCC1.